The highest BCUT2D eigenvalue weighted by molar-refractivity contribution is 8.08. The molecule has 0 heterocycles. The zero-order valence-corrected chi connectivity index (χ0v) is 15.7. The van der Waals surface area contributed by atoms with Crippen LogP contribution < -0.4 is 0 Å². The number of ether oxygens (including phenoxy) is 1. The van der Waals surface area contributed by atoms with E-state index in [1.807, 2.05) is 0 Å². The monoisotopic (exact) mass is 381 g/mol. The third kappa shape index (κ3) is 4.33. The fourth-order valence-electron chi connectivity index (χ4n) is 2.12. The van der Waals surface area contributed by atoms with Crippen molar-refractivity contribution in [2.75, 3.05) is 13.7 Å². The molecule has 0 aliphatic rings. The molecule has 0 atom stereocenters. The van der Waals surface area contributed by atoms with Crippen molar-refractivity contribution in [3.05, 3.63) is 53.6 Å². The van der Waals surface area contributed by atoms with Crippen LogP contribution in [0.15, 0.2) is 52.3 Å². The van der Waals surface area contributed by atoms with Crippen LogP contribution in [0.3, 0.4) is 0 Å². The van der Waals surface area contributed by atoms with E-state index < -0.39 is 16.0 Å². The van der Waals surface area contributed by atoms with E-state index in [1.165, 1.54) is 35.1 Å². The maximum Gasteiger partial charge on any atom is 0.338 e. The zero-order chi connectivity index (χ0) is 18.6. The molecule has 0 aliphatic heterocycles. The third-order valence-corrected chi connectivity index (χ3v) is 6.88. The lowest BCUT2D eigenvalue weighted by atomic mass is 10.1. The fourth-order valence-corrected chi connectivity index (χ4v) is 4.73. The van der Waals surface area contributed by atoms with Crippen LogP contribution in [-0.4, -0.2) is 36.9 Å². The number of phenolic OH excluding ortho intramolecular Hbond substituents is 1. The molecular formula is C17H19NO5S2. The third-order valence-electron chi connectivity index (χ3n) is 3.48. The van der Waals surface area contributed by atoms with E-state index in [4.69, 9.17) is 4.74 Å². The summed E-state index contributed by atoms with van der Waals surface area (Å²) in [6, 6.07) is 10.6. The average molecular weight is 381 g/mol. The fraction of sp³-hybridized carbons (Fsp3) is 0.235. The van der Waals surface area contributed by atoms with Crippen molar-refractivity contribution in [2.24, 2.45) is 0 Å². The second-order valence-corrected chi connectivity index (χ2v) is 8.37. The van der Waals surface area contributed by atoms with Gasteiger partial charge in [0.2, 0.25) is 0 Å². The number of sulfonamides is 1. The minimum Gasteiger partial charge on any atom is -0.508 e. The molecule has 25 heavy (non-hydrogen) atoms. The number of aromatic hydroxyl groups is 1. The van der Waals surface area contributed by atoms with Crippen molar-refractivity contribution in [1.82, 2.24) is 3.71 Å². The van der Waals surface area contributed by atoms with Gasteiger partial charge in [0.1, 0.15) is 5.75 Å². The SMILES string of the molecule is CCN(Sc1ccc(O)cc1)S(=O)(=O)c1ccc(C)c(C(=O)OC)c1. The van der Waals surface area contributed by atoms with Crippen molar-refractivity contribution >= 4 is 27.9 Å². The molecule has 2 aromatic rings. The van der Waals surface area contributed by atoms with Gasteiger partial charge < -0.3 is 9.84 Å². The van der Waals surface area contributed by atoms with Gasteiger partial charge in [-0.3, -0.25) is 0 Å². The smallest absolute Gasteiger partial charge is 0.338 e. The quantitative estimate of drug-likeness (QED) is 0.611. The maximum absolute atomic E-state index is 12.9. The molecule has 0 radical (unpaired) electrons. The van der Waals surface area contributed by atoms with E-state index >= 15 is 0 Å². The Morgan fingerprint density at radius 2 is 1.84 bits per heavy atom. The number of phenols is 1. The highest BCUT2D eigenvalue weighted by atomic mass is 32.3. The number of hydrogen-bond donors (Lipinski definition) is 1. The Labute approximate surface area is 151 Å². The average Bonchev–Trinajstić information content (AvgIpc) is 2.60. The van der Waals surface area contributed by atoms with Crippen LogP contribution in [0.2, 0.25) is 0 Å². The number of aryl methyl sites for hydroxylation is 1. The summed E-state index contributed by atoms with van der Waals surface area (Å²) >= 11 is 1.04. The van der Waals surface area contributed by atoms with Crippen molar-refractivity contribution in [3.63, 3.8) is 0 Å². The number of rotatable bonds is 6. The van der Waals surface area contributed by atoms with Crippen molar-refractivity contribution in [1.29, 1.82) is 0 Å². The molecule has 0 bridgehead atoms. The lowest BCUT2D eigenvalue weighted by molar-refractivity contribution is 0.0599. The van der Waals surface area contributed by atoms with Gasteiger partial charge in [-0.1, -0.05) is 13.0 Å². The molecule has 2 aromatic carbocycles. The molecule has 0 aromatic heterocycles. The Hall–Kier alpha value is -2.03. The lowest BCUT2D eigenvalue weighted by Gasteiger charge is -2.20. The molecule has 2 rings (SSSR count). The predicted molar refractivity (Wildman–Crippen MR) is 96.0 cm³/mol. The first-order valence-electron chi connectivity index (χ1n) is 7.48. The molecule has 8 heteroatoms. The molecule has 134 valence electrons. The Morgan fingerprint density at radius 1 is 1.20 bits per heavy atom. The summed E-state index contributed by atoms with van der Waals surface area (Å²) in [6.07, 6.45) is 0. The first kappa shape index (κ1) is 19.3. The molecular weight excluding hydrogens is 362 g/mol. The van der Waals surface area contributed by atoms with Crippen molar-refractivity contribution in [3.8, 4) is 5.75 Å². The summed E-state index contributed by atoms with van der Waals surface area (Å²) in [5.74, 6) is -0.472. The molecule has 0 saturated carbocycles. The number of nitrogens with zero attached hydrogens (tertiary/aromatic N) is 1. The van der Waals surface area contributed by atoms with Crippen molar-refractivity contribution < 1.29 is 23.1 Å². The number of benzene rings is 2. The van der Waals surface area contributed by atoms with Gasteiger partial charge in [0.15, 0.2) is 0 Å². The van der Waals surface area contributed by atoms with E-state index in [2.05, 4.69) is 0 Å². The van der Waals surface area contributed by atoms with Gasteiger partial charge in [0.25, 0.3) is 10.0 Å². The summed E-state index contributed by atoms with van der Waals surface area (Å²) < 4.78 is 31.8. The van der Waals surface area contributed by atoms with Crippen LogP contribution in [0.25, 0.3) is 0 Å². The largest absolute Gasteiger partial charge is 0.508 e. The first-order valence-corrected chi connectivity index (χ1v) is 9.69. The Morgan fingerprint density at radius 3 is 2.40 bits per heavy atom. The molecule has 0 amide bonds. The molecule has 0 spiro atoms. The van der Waals surface area contributed by atoms with Crippen molar-refractivity contribution in [2.45, 2.75) is 23.6 Å². The number of esters is 1. The highest BCUT2D eigenvalue weighted by Gasteiger charge is 2.26. The number of carbonyl (C=O) groups excluding carboxylic acids is 1. The minimum atomic E-state index is -3.81. The molecule has 0 aliphatic carbocycles. The highest BCUT2D eigenvalue weighted by Crippen LogP contribution is 2.30. The van der Waals surface area contributed by atoms with Gasteiger partial charge >= 0.3 is 5.97 Å². The van der Waals surface area contributed by atoms with Gasteiger partial charge in [-0.2, -0.15) is 0 Å². The second kappa shape index (κ2) is 7.90. The summed E-state index contributed by atoms with van der Waals surface area (Å²) in [6.45, 7) is 3.67. The van der Waals surface area contributed by atoms with E-state index in [9.17, 15) is 18.3 Å². The summed E-state index contributed by atoms with van der Waals surface area (Å²) in [4.78, 5) is 12.5. The Kier molecular flexibility index (Phi) is 6.10. The van der Waals surface area contributed by atoms with Gasteiger partial charge in [0.05, 0.1) is 17.6 Å². The predicted octanol–water partition coefficient (Wildman–Crippen LogP) is 3.21. The molecule has 6 nitrogen and oxygen atoms in total. The topological polar surface area (TPSA) is 83.9 Å². The summed E-state index contributed by atoms with van der Waals surface area (Å²) in [5, 5.41) is 9.33. The maximum atomic E-state index is 12.9. The van der Waals surface area contributed by atoms with E-state index in [0.29, 0.717) is 10.5 Å². The van der Waals surface area contributed by atoms with Crippen LogP contribution in [0.4, 0.5) is 0 Å². The van der Waals surface area contributed by atoms with Gasteiger partial charge in [-0.15, -0.1) is 3.71 Å². The Balaban J connectivity index is 2.38. The van der Waals surface area contributed by atoms with Gasteiger partial charge in [-0.25, -0.2) is 13.2 Å². The van der Waals surface area contributed by atoms with Crippen LogP contribution in [0.1, 0.15) is 22.8 Å². The summed E-state index contributed by atoms with van der Waals surface area (Å²) in [7, 11) is -2.56. The minimum absolute atomic E-state index is 0.0200. The molecule has 1 N–H and O–H groups in total. The zero-order valence-electron chi connectivity index (χ0n) is 14.1. The van der Waals surface area contributed by atoms with Crippen LogP contribution >= 0.6 is 11.9 Å². The normalized spacial score (nSPS) is 11.5. The number of methoxy groups -OCH3 is 1. The first-order chi connectivity index (χ1) is 11.8. The van der Waals surface area contributed by atoms with Gasteiger partial charge in [-0.05, 0) is 60.8 Å². The number of hydrogen-bond acceptors (Lipinski definition) is 6. The van der Waals surface area contributed by atoms with Gasteiger partial charge in [0, 0.05) is 11.4 Å². The second-order valence-electron chi connectivity index (χ2n) is 5.18. The molecule has 0 unspecified atom stereocenters. The van der Waals surface area contributed by atoms with E-state index in [1.54, 1.807) is 32.0 Å². The lowest BCUT2D eigenvalue weighted by Crippen LogP contribution is -2.24. The van der Waals surface area contributed by atoms with E-state index in [-0.39, 0.29) is 22.8 Å². The summed E-state index contributed by atoms with van der Waals surface area (Å²) in [5.41, 5.74) is 0.856. The molecule has 0 saturated heterocycles. The van der Waals surface area contributed by atoms with Crippen LogP contribution in [-0.2, 0) is 14.8 Å². The Bertz CT molecular complexity index is 863. The van der Waals surface area contributed by atoms with E-state index in [0.717, 1.165) is 11.9 Å². The van der Waals surface area contributed by atoms with Crippen LogP contribution in [0.5, 0.6) is 5.75 Å². The van der Waals surface area contributed by atoms with Crippen LogP contribution in [0, 0.1) is 6.92 Å². The molecule has 0 fully saturated rings. The number of carbonyl (C=O) groups is 1. The standard InChI is InChI=1S/C17H19NO5S2/c1-4-18(24-14-8-6-13(19)7-9-14)25(21,22)15-10-5-12(2)16(11-15)17(20)23-3/h5-11,19H,4H2,1-3H3.